The maximum atomic E-state index is 12.1. The van der Waals surface area contributed by atoms with Gasteiger partial charge in [0.1, 0.15) is 18.0 Å². The van der Waals surface area contributed by atoms with E-state index in [1.54, 1.807) is 6.20 Å². The third-order valence-electron chi connectivity index (χ3n) is 4.78. The average Bonchev–Trinajstić information content (AvgIpc) is 3.21. The van der Waals surface area contributed by atoms with Crippen LogP contribution in [0.3, 0.4) is 0 Å². The zero-order valence-corrected chi connectivity index (χ0v) is 15.0. The van der Waals surface area contributed by atoms with E-state index in [2.05, 4.69) is 29.5 Å². The molecule has 0 unspecified atom stereocenters. The Kier molecular flexibility index (Phi) is 5.73. The van der Waals surface area contributed by atoms with Gasteiger partial charge < -0.3 is 29.8 Å². The molecule has 2 aliphatic rings. The number of hydrogen-bond acceptors (Lipinski definition) is 6. The highest BCUT2D eigenvalue weighted by Crippen LogP contribution is 2.35. The van der Waals surface area contributed by atoms with Crippen molar-refractivity contribution in [1.29, 1.82) is 0 Å². The summed E-state index contributed by atoms with van der Waals surface area (Å²) in [5.74, 6) is 0.720. The first-order valence-corrected chi connectivity index (χ1v) is 8.89. The molecular weight excluding hydrogens is 324 g/mol. The second-order valence-corrected chi connectivity index (χ2v) is 7.16. The van der Waals surface area contributed by atoms with Gasteiger partial charge in [-0.3, -0.25) is 4.79 Å². The Morgan fingerprint density at radius 2 is 2.28 bits per heavy atom. The van der Waals surface area contributed by atoms with Crippen LogP contribution in [0.15, 0.2) is 12.4 Å². The number of imidazole rings is 1. The summed E-state index contributed by atoms with van der Waals surface area (Å²) in [5.41, 5.74) is 0. The van der Waals surface area contributed by atoms with E-state index in [1.807, 2.05) is 17.8 Å². The van der Waals surface area contributed by atoms with Crippen LogP contribution in [-0.2, 0) is 27.9 Å². The Bertz CT molecular complexity index is 591. The minimum Gasteiger partial charge on any atom is -0.388 e. The van der Waals surface area contributed by atoms with E-state index >= 15 is 0 Å². The van der Waals surface area contributed by atoms with Crippen molar-refractivity contribution in [2.24, 2.45) is 7.05 Å². The van der Waals surface area contributed by atoms with Gasteiger partial charge in [-0.15, -0.1) is 0 Å². The molecule has 0 radical (unpaired) electrons. The van der Waals surface area contributed by atoms with Crippen LogP contribution in [0.4, 0.5) is 0 Å². The molecule has 0 saturated carbocycles. The summed E-state index contributed by atoms with van der Waals surface area (Å²) in [6.07, 6.45) is 2.83. The molecule has 0 aliphatic carbocycles. The topological polar surface area (TPSA) is 97.6 Å². The molecule has 2 fully saturated rings. The third kappa shape index (κ3) is 4.38. The molecule has 0 bridgehead atoms. The zero-order valence-electron chi connectivity index (χ0n) is 15.0. The molecule has 2 saturated heterocycles. The fourth-order valence-electron chi connectivity index (χ4n) is 3.38. The minimum absolute atomic E-state index is 0.0829. The van der Waals surface area contributed by atoms with Gasteiger partial charge in [0.05, 0.1) is 31.3 Å². The van der Waals surface area contributed by atoms with Crippen LogP contribution in [0.2, 0.25) is 0 Å². The van der Waals surface area contributed by atoms with Gasteiger partial charge in [0.15, 0.2) is 0 Å². The molecule has 0 aromatic carbocycles. The van der Waals surface area contributed by atoms with E-state index in [4.69, 9.17) is 9.47 Å². The number of nitrogens with zero attached hydrogens (tertiary/aromatic N) is 2. The molecule has 0 spiro atoms. The molecule has 140 valence electrons. The van der Waals surface area contributed by atoms with Gasteiger partial charge in [-0.05, 0) is 0 Å². The molecule has 3 rings (SSSR count). The van der Waals surface area contributed by atoms with Gasteiger partial charge >= 0.3 is 0 Å². The van der Waals surface area contributed by atoms with Crippen LogP contribution in [0.5, 0.6) is 0 Å². The Labute approximate surface area is 147 Å². The van der Waals surface area contributed by atoms with Crippen LogP contribution < -0.4 is 10.6 Å². The number of ether oxygens (including phenoxy) is 2. The molecule has 3 heterocycles. The van der Waals surface area contributed by atoms with Gasteiger partial charge in [0.2, 0.25) is 5.91 Å². The monoisotopic (exact) mass is 352 g/mol. The number of carbonyl (C=O) groups excluding carboxylic acids is 1. The van der Waals surface area contributed by atoms with E-state index in [0.717, 1.165) is 5.82 Å². The number of aliphatic hydroxyl groups is 1. The van der Waals surface area contributed by atoms with Crippen LogP contribution in [0.25, 0.3) is 0 Å². The van der Waals surface area contributed by atoms with Gasteiger partial charge in [-0.25, -0.2) is 4.98 Å². The second kappa shape index (κ2) is 7.82. The summed E-state index contributed by atoms with van der Waals surface area (Å²) >= 11 is 0. The van der Waals surface area contributed by atoms with Crippen molar-refractivity contribution in [3.63, 3.8) is 0 Å². The standard InChI is InChI=1S/C17H28N4O4/c1-10(2)19-8-13-16(23)17-12(25-13)6-11(24-17)7-15(22)20-9-14-18-4-5-21(14)3/h4-5,10-13,16-17,19,23H,6-9H2,1-3H3,(H,20,22)/t11-,12+,13+,16+,17-/m0/s1. The van der Waals surface area contributed by atoms with Gasteiger partial charge in [-0.2, -0.15) is 0 Å². The molecule has 1 aromatic rings. The number of nitrogens with one attached hydrogen (secondary N) is 2. The number of amides is 1. The molecule has 25 heavy (non-hydrogen) atoms. The largest absolute Gasteiger partial charge is 0.388 e. The average molecular weight is 352 g/mol. The molecule has 2 aliphatic heterocycles. The van der Waals surface area contributed by atoms with Crippen molar-refractivity contribution in [2.45, 2.75) is 69.8 Å². The molecule has 8 heteroatoms. The van der Waals surface area contributed by atoms with Crippen LogP contribution in [-0.4, -0.2) is 63.7 Å². The van der Waals surface area contributed by atoms with E-state index in [-0.39, 0.29) is 36.7 Å². The summed E-state index contributed by atoms with van der Waals surface area (Å²) < 4.78 is 13.7. The maximum Gasteiger partial charge on any atom is 0.222 e. The van der Waals surface area contributed by atoms with Crippen molar-refractivity contribution in [3.05, 3.63) is 18.2 Å². The summed E-state index contributed by atoms with van der Waals surface area (Å²) in [6, 6.07) is 0.340. The van der Waals surface area contributed by atoms with E-state index < -0.39 is 6.10 Å². The first-order valence-electron chi connectivity index (χ1n) is 8.89. The number of aryl methyl sites for hydroxylation is 1. The second-order valence-electron chi connectivity index (χ2n) is 7.16. The zero-order chi connectivity index (χ0) is 18.0. The van der Waals surface area contributed by atoms with E-state index in [1.165, 1.54) is 0 Å². The Hall–Kier alpha value is -1.48. The van der Waals surface area contributed by atoms with Crippen molar-refractivity contribution in [2.75, 3.05) is 6.54 Å². The molecule has 8 nitrogen and oxygen atoms in total. The lowest BCUT2D eigenvalue weighted by atomic mass is 10.1. The van der Waals surface area contributed by atoms with Crippen molar-refractivity contribution < 1.29 is 19.4 Å². The Morgan fingerprint density at radius 1 is 1.48 bits per heavy atom. The van der Waals surface area contributed by atoms with E-state index in [0.29, 0.717) is 25.6 Å². The fourth-order valence-corrected chi connectivity index (χ4v) is 3.38. The summed E-state index contributed by atoms with van der Waals surface area (Å²) in [7, 11) is 1.89. The molecule has 1 amide bonds. The van der Waals surface area contributed by atoms with Crippen LogP contribution in [0, 0.1) is 0 Å². The SMILES string of the molecule is CC(C)NC[C@H]1O[C@@H]2C[C@@H](CC(=O)NCc3nccn3C)O[C@@H]2[C@@H]1O. The first kappa shape index (κ1) is 18.3. The van der Waals surface area contributed by atoms with Gasteiger partial charge in [-0.1, -0.05) is 13.8 Å². The molecule has 1 aromatic heterocycles. The van der Waals surface area contributed by atoms with Crippen molar-refractivity contribution in [1.82, 2.24) is 20.2 Å². The summed E-state index contributed by atoms with van der Waals surface area (Å²) in [4.78, 5) is 16.3. The smallest absolute Gasteiger partial charge is 0.222 e. The van der Waals surface area contributed by atoms with Crippen molar-refractivity contribution >= 4 is 5.91 Å². The molecule has 5 atom stereocenters. The van der Waals surface area contributed by atoms with Crippen molar-refractivity contribution in [3.8, 4) is 0 Å². The van der Waals surface area contributed by atoms with Crippen LogP contribution >= 0.6 is 0 Å². The Balaban J connectivity index is 1.42. The third-order valence-corrected chi connectivity index (χ3v) is 4.78. The minimum atomic E-state index is -0.656. The number of fused-ring (bicyclic) bond motifs is 1. The number of aliphatic hydroxyl groups excluding tert-OH is 1. The molecular formula is C17H28N4O4. The predicted octanol–water partition coefficient (Wildman–Crippen LogP) is -0.290. The number of aromatic nitrogens is 2. The highest BCUT2D eigenvalue weighted by molar-refractivity contribution is 5.76. The number of carbonyl (C=O) groups is 1. The number of hydrogen-bond donors (Lipinski definition) is 3. The number of rotatable bonds is 7. The lowest BCUT2D eigenvalue weighted by Crippen LogP contribution is -2.40. The fraction of sp³-hybridized carbons (Fsp3) is 0.765. The summed E-state index contributed by atoms with van der Waals surface area (Å²) in [5, 5.41) is 16.5. The lowest BCUT2D eigenvalue weighted by molar-refractivity contribution is -0.125. The quantitative estimate of drug-likeness (QED) is 0.624. The molecule has 3 N–H and O–H groups in total. The maximum absolute atomic E-state index is 12.1. The lowest BCUT2D eigenvalue weighted by Gasteiger charge is -2.21. The van der Waals surface area contributed by atoms with Gasteiger partial charge in [0.25, 0.3) is 0 Å². The highest BCUT2D eigenvalue weighted by Gasteiger charge is 2.50. The van der Waals surface area contributed by atoms with Crippen LogP contribution in [0.1, 0.15) is 32.5 Å². The highest BCUT2D eigenvalue weighted by atomic mass is 16.6. The normalized spacial score (nSPS) is 31.5. The summed E-state index contributed by atoms with van der Waals surface area (Å²) in [6.45, 7) is 5.10. The first-order chi connectivity index (χ1) is 11.9. The van der Waals surface area contributed by atoms with Gasteiger partial charge in [0, 0.05) is 38.4 Å². The van der Waals surface area contributed by atoms with E-state index in [9.17, 15) is 9.90 Å². The predicted molar refractivity (Wildman–Crippen MR) is 90.8 cm³/mol. The Morgan fingerprint density at radius 3 is 2.92 bits per heavy atom.